The van der Waals surface area contributed by atoms with Crippen LogP contribution in [0.1, 0.15) is 22.7 Å². The number of hydrogen-bond donors (Lipinski definition) is 3. The number of nitrogens with two attached hydrogens (primary N) is 1. The molecule has 27 heavy (non-hydrogen) atoms. The highest BCUT2D eigenvalue weighted by atomic mass is 16.5. The van der Waals surface area contributed by atoms with Crippen LogP contribution in [-0.2, 0) is 6.54 Å². The first-order chi connectivity index (χ1) is 13.0. The zero-order chi connectivity index (χ0) is 19.2. The first-order valence-electron chi connectivity index (χ1n) is 8.84. The van der Waals surface area contributed by atoms with Gasteiger partial charge in [-0.3, -0.25) is 4.79 Å². The van der Waals surface area contributed by atoms with Crippen LogP contribution in [0, 0.1) is 5.92 Å². The molecule has 0 radical (unpaired) electrons. The normalized spacial score (nSPS) is 16.2. The number of hydrogen-bond acceptors (Lipinski definition) is 5. The molecule has 1 fully saturated rings. The molecule has 3 amide bonds. The van der Waals surface area contributed by atoms with E-state index in [2.05, 4.69) is 21.6 Å². The van der Waals surface area contributed by atoms with Crippen molar-refractivity contribution in [3.05, 3.63) is 47.9 Å². The van der Waals surface area contributed by atoms with Gasteiger partial charge < -0.3 is 30.4 Å². The number of methoxy groups -OCH3 is 1. The first-order valence-corrected chi connectivity index (χ1v) is 8.84. The number of carbonyl (C=O) groups excluding carboxylic acids is 2. The molecule has 1 aliphatic rings. The molecule has 2 heterocycles. The SMILES string of the molecule is COc1cccc(N2CCC(CNC(=O)NCc3ccc(C(N)=O)o3)C2)c1. The lowest BCUT2D eigenvalue weighted by Gasteiger charge is -2.19. The van der Waals surface area contributed by atoms with Crippen molar-refractivity contribution < 1.29 is 18.7 Å². The van der Waals surface area contributed by atoms with Crippen LogP contribution < -0.4 is 26.0 Å². The van der Waals surface area contributed by atoms with Gasteiger partial charge in [-0.25, -0.2) is 4.79 Å². The molecule has 8 heteroatoms. The molecule has 1 aromatic heterocycles. The number of carbonyl (C=O) groups is 2. The lowest BCUT2D eigenvalue weighted by molar-refractivity contribution is 0.0972. The Hall–Kier alpha value is -3.16. The third kappa shape index (κ3) is 4.93. The fourth-order valence-electron chi connectivity index (χ4n) is 3.11. The summed E-state index contributed by atoms with van der Waals surface area (Å²) in [4.78, 5) is 25.2. The molecule has 1 atom stereocenters. The maximum Gasteiger partial charge on any atom is 0.315 e. The summed E-state index contributed by atoms with van der Waals surface area (Å²) in [6.45, 7) is 2.62. The Kier molecular flexibility index (Phi) is 5.85. The topological polar surface area (TPSA) is 110 Å². The van der Waals surface area contributed by atoms with E-state index in [4.69, 9.17) is 14.9 Å². The summed E-state index contributed by atoms with van der Waals surface area (Å²) in [5, 5.41) is 5.59. The van der Waals surface area contributed by atoms with E-state index in [1.54, 1.807) is 13.2 Å². The van der Waals surface area contributed by atoms with Crippen molar-refractivity contribution >= 4 is 17.6 Å². The van der Waals surface area contributed by atoms with Crippen molar-refractivity contribution in [1.82, 2.24) is 10.6 Å². The van der Waals surface area contributed by atoms with E-state index < -0.39 is 5.91 Å². The molecule has 1 saturated heterocycles. The molecular formula is C19H24N4O4. The molecule has 144 valence electrons. The summed E-state index contributed by atoms with van der Waals surface area (Å²) in [6, 6.07) is 10.8. The Balaban J connectivity index is 1.41. The van der Waals surface area contributed by atoms with Crippen molar-refractivity contribution in [2.75, 3.05) is 31.6 Å². The van der Waals surface area contributed by atoms with Crippen LogP contribution >= 0.6 is 0 Å². The Morgan fingerprint density at radius 2 is 2.15 bits per heavy atom. The molecule has 2 aromatic rings. The highest BCUT2D eigenvalue weighted by Crippen LogP contribution is 2.26. The minimum atomic E-state index is -0.632. The van der Waals surface area contributed by atoms with Gasteiger partial charge in [0, 0.05) is 31.4 Å². The molecule has 1 aliphatic heterocycles. The molecule has 0 spiro atoms. The van der Waals surface area contributed by atoms with Gasteiger partial charge in [-0.1, -0.05) is 6.07 Å². The zero-order valence-electron chi connectivity index (χ0n) is 15.2. The maximum atomic E-state index is 12.0. The Morgan fingerprint density at radius 1 is 1.30 bits per heavy atom. The maximum absolute atomic E-state index is 12.0. The standard InChI is InChI=1S/C19H24N4O4/c1-26-15-4-2-3-14(9-15)23-8-7-13(12-23)10-21-19(25)22-11-16-5-6-17(27-16)18(20)24/h2-6,9,13H,7-8,10-12H2,1H3,(H2,20,24)(H2,21,22,25). The number of primary amides is 1. The van der Waals surface area contributed by atoms with E-state index in [1.165, 1.54) is 6.07 Å². The zero-order valence-corrected chi connectivity index (χ0v) is 15.2. The first kappa shape index (κ1) is 18.6. The Morgan fingerprint density at radius 3 is 2.89 bits per heavy atom. The number of amides is 3. The van der Waals surface area contributed by atoms with Gasteiger partial charge in [0.05, 0.1) is 13.7 Å². The predicted octanol–water partition coefficient (Wildman–Crippen LogP) is 1.71. The minimum Gasteiger partial charge on any atom is -0.497 e. The number of urea groups is 1. The van der Waals surface area contributed by atoms with Crippen molar-refractivity contribution in [1.29, 1.82) is 0 Å². The number of nitrogens with zero attached hydrogens (tertiary/aromatic N) is 1. The van der Waals surface area contributed by atoms with Crippen molar-refractivity contribution in [2.24, 2.45) is 11.7 Å². The van der Waals surface area contributed by atoms with Crippen molar-refractivity contribution in [2.45, 2.75) is 13.0 Å². The highest BCUT2D eigenvalue weighted by Gasteiger charge is 2.23. The van der Waals surface area contributed by atoms with E-state index in [9.17, 15) is 9.59 Å². The second-order valence-electron chi connectivity index (χ2n) is 6.50. The lowest BCUT2D eigenvalue weighted by atomic mass is 10.1. The molecule has 1 unspecified atom stereocenters. The predicted molar refractivity (Wildman–Crippen MR) is 101 cm³/mol. The number of ether oxygens (including phenoxy) is 1. The minimum absolute atomic E-state index is 0.0794. The third-order valence-electron chi connectivity index (χ3n) is 4.58. The molecule has 4 N–H and O–H groups in total. The van der Waals surface area contributed by atoms with Gasteiger partial charge in [0.1, 0.15) is 11.5 Å². The van der Waals surface area contributed by atoms with Crippen LogP contribution in [0.4, 0.5) is 10.5 Å². The number of rotatable bonds is 7. The number of anilines is 1. The largest absolute Gasteiger partial charge is 0.497 e. The van der Waals surface area contributed by atoms with Gasteiger partial charge in [0.15, 0.2) is 5.76 Å². The molecular weight excluding hydrogens is 348 g/mol. The molecule has 8 nitrogen and oxygen atoms in total. The van der Waals surface area contributed by atoms with Gasteiger partial charge in [0.25, 0.3) is 5.91 Å². The van der Waals surface area contributed by atoms with Crippen LogP contribution in [0.3, 0.4) is 0 Å². The van der Waals surface area contributed by atoms with Crippen LogP contribution in [0.2, 0.25) is 0 Å². The van der Waals surface area contributed by atoms with Gasteiger partial charge in [-0.2, -0.15) is 0 Å². The summed E-state index contributed by atoms with van der Waals surface area (Å²) in [6.07, 6.45) is 1.01. The Bertz CT molecular complexity index is 805. The third-order valence-corrected chi connectivity index (χ3v) is 4.58. The second-order valence-corrected chi connectivity index (χ2v) is 6.50. The van der Waals surface area contributed by atoms with E-state index >= 15 is 0 Å². The molecule has 3 rings (SSSR count). The van der Waals surface area contributed by atoms with Crippen LogP contribution in [0.25, 0.3) is 0 Å². The fourth-order valence-corrected chi connectivity index (χ4v) is 3.11. The average Bonchev–Trinajstić information content (AvgIpc) is 3.34. The van der Waals surface area contributed by atoms with Gasteiger partial charge in [0.2, 0.25) is 0 Å². The number of benzene rings is 1. The second kappa shape index (κ2) is 8.48. The van der Waals surface area contributed by atoms with Gasteiger partial charge >= 0.3 is 6.03 Å². The van der Waals surface area contributed by atoms with Gasteiger partial charge in [-0.15, -0.1) is 0 Å². The van der Waals surface area contributed by atoms with Gasteiger partial charge in [-0.05, 0) is 36.6 Å². The van der Waals surface area contributed by atoms with E-state index in [-0.39, 0.29) is 18.3 Å². The summed E-state index contributed by atoms with van der Waals surface area (Å²) < 4.78 is 10.5. The average molecular weight is 372 g/mol. The van der Waals surface area contributed by atoms with E-state index in [0.29, 0.717) is 18.2 Å². The molecule has 1 aromatic carbocycles. The number of nitrogens with one attached hydrogen (secondary N) is 2. The van der Waals surface area contributed by atoms with Crippen molar-refractivity contribution in [3.8, 4) is 5.75 Å². The summed E-state index contributed by atoms with van der Waals surface area (Å²) in [5.74, 6) is 1.14. The summed E-state index contributed by atoms with van der Waals surface area (Å²) in [5.41, 5.74) is 6.26. The number of furan rings is 1. The lowest BCUT2D eigenvalue weighted by Crippen LogP contribution is -2.38. The fraction of sp³-hybridized carbons (Fsp3) is 0.368. The monoisotopic (exact) mass is 372 g/mol. The molecule has 0 aliphatic carbocycles. The van der Waals surface area contributed by atoms with Crippen LogP contribution in [0.15, 0.2) is 40.8 Å². The Labute approximate surface area is 157 Å². The van der Waals surface area contributed by atoms with Crippen molar-refractivity contribution in [3.63, 3.8) is 0 Å². The highest BCUT2D eigenvalue weighted by molar-refractivity contribution is 5.89. The van der Waals surface area contributed by atoms with E-state index in [1.807, 2.05) is 18.2 Å². The molecule has 0 bridgehead atoms. The smallest absolute Gasteiger partial charge is 0.315 e. The molecule has 0 saturated carbocycles. The quantitative estimate of drug-likeness (QED) is 0.685. The summed E-state index contributed by atoms with van der Waals surface area (Å²) >= 11 is 0. The van der Waals surface area contributed by atoms with E-state index in [0.717, 1.165) is 30.9 Å². The van der Waals surface area contributed by atoms with Crippen LogP contribution in [-0.4, -0.2) is 38.7 Å². The summed E-state index contributed by atoms with van der Waals surface area (Å²) in [7, 11) is 1.66. The van der Waals surface area contributed by atoms with Crippen LogP contribution in [0.5, 0.6) is 5.75 Å².